The van der Waals surface area contributed by atoms with Crippen LogP contribution in [0.2, 0.25) is 0 Å². The molecule has 0 radical (unpaired) electrons. The first-order chi connectivity index (χ1) is 8.63. The fourth-order valence-corrected chi connectivity index (χ4v) is 2.62. The van der Waals surface area contributed by atoms with Crippen molar-refractivity contribution in [1.82, 2.24) is 15.3 Å². The van der Waals surface area contributed by atoms with Gasteiger partial charge in [-0.25, -0.2) is 18.7 Å². The molecule has 1 amide bonds. The molecule has 1 aromatic heterocycles. The summed E-state index contributed by atoms with van der Waals surface area (Å²) < 4.78 is 25.3. The summed E-state index contributed by atoms with van der Waals surface area (Å²) >= 11 is 0. The number of hydrogen-bond donors (Lipinski definition) is 2. The van der Waals surface area contributed by atoms with E-state index in [0.717, 1.165) is 0 Å². The normalized spacial score (nSPS) is 21.2. The second-order valence-electron chi connectivity index (χ2n) is 4.58. The van der Waals surface area contributed by atoms with Crippen LogP contribution in [0.15, 0.2) is 6.20 Å². The Kier molecular flexibility index (Phi) is 2.51. The number of carbonyl (C=O) groups excluding carboxylic acids is 1. The summed E-state index contributed by atoms with van der Waals surface area (Å²) in [6.07, 6.45) is -0.292. The fourth-order valence-electron chi connectivity index (χ4n) is 2.62. The molecule has 0 atom stereocenters. The number of anilines is 1. The van der Waals surface area contributed by atoms with E-state index in [0.29, 0.717) is 37.3 Å². The van der Waals surface area contributed by atoms with Crippen molar-refractivity contribution in [2.24, 2.45) is 0 Å². The highest BCUT2D eigenvalue weighted by molar-refractivity contribution is 6.05. The van der Waals surface area contributed by atoms with Crippen LogP contribution in [0.1, 0.15) is 30.8 Å². The second-order valence-corrected chi connectivity index (χ2v) is 4.58. The smallest absolute Gasteiger partial charge is 0.297 e. The van der Waals surface area contributed by atoms with Gasteiger partial charge in [0.25, 0.3) is 6.43 Å². The standard InChI is InChI=1S/C11H12F2N4O/c12-8(13)9-15-5-6-7(17-9)11(10(18)16-6)1-3-14-4-2-11/h5,8,14H,1-4H2,(H,16,18). The Morgan fingerprint density at radius 2 is 2.06 bits per heavy atom. The van der Waals surface area contributed by atoms with Crippen LogP contribution >= 0.6 is 0 Å². The van der Waals surface area contributed by atoms with Crippen LogP contribution in [0.3, 0.4) is 0 Å². The summed E-state index contributed by atoms with van der Waals surface area (Å²) in [6, 6.07) is 0. The summed E-state index contributed by atoms with van der Waals surface area (Å²) in [5, 5.41) is 5.84. The van der Waals surface area contributed by atoms with Crippen LogP contribution in [0.4, 0.5) is 14.5 Å². The second kappa shape index (κ2) is 3.94. The van der Waals surface area contributed by atoms with Crippen molar-refractivity contribution in [1.29, 1.82) is 0 Å². The van der Waals surface area contributed by atoms with Crippen LogP contribution in [0, 0.1) is 0 Å². The van der Waals surface area contributed by atoms with Crippen molar-refractivity contribution < 1.29 is 13.6 Å². The van der Waals surface area contributed by atoms with E-state index in [2.05, 4.69) is 20.6 Å². The van der Waals surface area contributed by atoms with E-state index in [1.807, 2.05) is 0 Å². The number of alkyl halides is 2. The average Bonchev–Trinajstić information content (AvgIpc) is 2.63. The molecule has 2 N–H and O–H groups in total. The molecule has 18 heavy (non-hydrogen) atoms. The number of amides is 1. The van der Waals surface area contributed by atoms with Gasteiger partial charge in [-0.05, 0) is 25.9 Å². The Morgan fingerprint density at radius 3 is 2.72 bits per heavy atom. The molecule has 3 rings (SSSR count). The van der Waals surface area contributed by atoms with Crippen molar-refractivity contribution in [3.63, 3.8) is 0 Å². The highest BCUT2D eigenvalue weighted by atomic mass is 19.3. The molecular formula is C11H12F2N4O. The number of fused-ring (bicyclic) bond motifs is 2. The highest BCUT2D eigenvalue weighted by Gasteiger charge is 2.49. The fraction of sp³-hybridized carbons (Fsp3) is 0.545. The van der Waals surface area contributed by atoms with Crippen LogP contribution in [0.25, 0.3) is 0 Å². The van der Waals surface area contributed by atoms with Gasteiger partial charge in [-0.15, -0.1) is 0 Å². The zero-order chi connectivity index (χ0) is 12.8. The van der Waals surface area contributed by atoms with E-state index >= 15 is 0 Å². The zero-order valence-corrected chi connectivity index (χ0v) is 9.54. The van der Waals surface area contributed by atoms with Crippen LogP contribution < -0.4 is 10.6 Å². The summed E-state index contributed by atoms with van der Waals surface area (Å²) in [4.78, 5) is 19.6. The summed E-state index contributed by atoms with van der Waals surface area (Å²) in [5.74, 6) is -0.664. The predicted molar refractivity (Wildman–Crippen MR) is 59.4 cm³/mol. The molecule has 3 heterocycles. The lowest BCUT2D eigenvalue weighted by Crippen LogP contribution is -2.44. The number of nitrogens with one attached hydrogen (secondary N) is 2. The van der Waals surface area contributed by atoms with E-state index in [-0.39, 0.29) is 5.91 Å². The van der Waals surface area contributed by atoms with Crippen molar-refractivity contribution in [3.8, 4) is 0 Å². The Balaban J connectivity index is 2.09. The molecule has 5 nitrogen and oxygen atoms in total. The first kappa shape index (κ1) is 11.5. The number of piperidine rings is 1. The molecular weight excluding hydrogens is 242 g/mol. The molecule has 1 saturated heterocycles. The molecule has 0 bridgehead atoms. The van der Waals surface area contributed by atoms with Crippen molar-refractivity contribution in [3.05, 3.63) is 17.7 Å². The molecule has 0 saturated carbocycles. The van der Waals surface area contributed by atoms with Gasteiger partial charge in [0.15, 0.2) is 5.82 Å². The number of halogens is 2. The molecule has 0 aromatic carbocycles. The monoisotopic (exact) mass is 254 g/mol. The maximum Gasteiger partial charge on any atom is 0.297 e. The minimum atomic E-state index is -2.72. The third-order valence-electron chi connectivity index (χ3n) is 3.60. The Labute approximate surface area is 102 Å². The van der Waals surface area contributed by atoms with Gasteiger partial charge >= 0.3 is 0 Å². The minimum Gasteiger partial charge on any atom is -0.322 e. The molecule has 1 spiro atoms. The Hall–Kier alpha value is -1.63. The van der Waals surface area contributed by atoms with Gasteiger partial charge in [-0.3, -0.25) is 4.79 Å². The largest absolute Gasteiger partial charge is 0.322 e. The van der Waals surface area contributed by atoms with Gasteiger partial charge in [-0.1, -0.05) is 0 Å². The van der Waals surface area contributed by atoms with Crippen LogP contribution in [-0.4, -0.2) is 29.0 Å². The van der Waals surface area contributed by atoms with Gasteiger partial charge in [0.1, 0.15) is 0 Å². The Morgan fingerprint density at radius 1 is 1.33 bits per heavy atom. The number of hydrogen-bond acceptors (Lipinski definition) is 4. The van der Waals surface area contributed by atoms with E-state index in [1.165, 1.54) is 6.20 Å². The quantitative estimate of drug-likeness (QED) is 0.784. The number of aromatic nitrogens is 2. The van der Waals surface area contributed by atoms with Crippen molar-refractivity contribution >= 4 is 11.6 Å². The highest BCUT2D eigenvalue weighted by Crippen LogP contribution is 2.42. The molecule has 1 aromatic rings. The summed E-state index contributed by atoms with van der Waals surface area (Å²) in [5.41, 5.74) is 0.137. The van der Waals surface area contributed by atoms with Crippen molar-refractivity contribution in [2.45, 2.75) is 24.7 Å². The molecule has 7 heteroatoms. The molecule has 0 unspecified atom stereocenters. The van der Waals surface area contributed by atoms with Gasteiger partial charge in [0, 0.05) is 0 Å². The maximum absolute atomic E-state index is 12.6. The first-order valence-corrected chi connectivity index (χ1v) is 5.81. The minimum absolute atomic E-state index is 0.153. The van der Waals surface area contributed by atoms with Gasteiger partial charge in [0.2, 0.25) is 5.91 Å². The van der Waals surface area contributed by atoms with E-state index in [4.69, 9.17) is 0 Å². The van der Waals surface area contributed by atoms with Crippen LogP contribution in [0.5, 0.6) is 0 Å². The molecule has 96 valence electrons. The summed E-state index contributed by atoms with van der Waals surface area (Å²) in [6.45, 7) is 1.36. The third kappa shape index (κ3) is 1.50. The molecule has 0 aliphatic carbocycles. The summed E-state index contributed by atoms with van der Waals surface area (Å²) in [7, 11) is 0. The average molecular weight is 254 g/mol. The number of carbonyl (C=O) groups is 1. The van der Waals surface area contributed by atoms with E-state index < -0.39 is 17.7 Å². The van der Waals surface area contributed by atoms with Gasteiger partial charge < -0.3 is 10.6 Å². The Bertz CT molecular complexity index is 500. The van der Waals surface area contributed by atoms with Crippen molar-refractivity contribution in [2.75, 3.05) is 18.4 Å². The van der Waals surface area contributed by atoms with E-state index in [9.17, 15) is 13.6 Å². The SMILES string of the molecule is O=C1Nc2cnc(C(F)F)nc2C12CCNCC2. The van der Waals surface area contributed by atoms with Crippen LogP contribution in [-0.2, 0) is 10.2 Å². The number of nitrogens with zero attached hydrogens (tertiary/aromatic N) is 2. The van der Waals surface area contributed by atoms with Gasteiger partial charge in [0.05, 0.1) is 23.0 Å². The third-order valence-corrected chi connectivity index (χ3v) is 3.60. The first-order valence-electron chi connectivity index (χ1n) is 5.81. The lowest BCUT2D eigenvalue weighted by molar-refractivity contribution is -0.121. The van der Waals surface area contributed by atoms with E-state index in [1.54, 1.807) is 0 Å². The lowest BCUT2D eigenvalue weighted by atomic mass is 9.77. The van der Waals surface area contributed by atoms with Gasteiger partial charge in [-0.2, -0.15) is 0 Å². The zero-order valence-electron chi connectivity index (χ0n) is 9.54. The molecule has 1 fully saturated rings. The molecule has 2 aliphatic heterocycles. The number of rotatable bonds is 1. The topological polar surface area (TPSA) is 66.9 Å². The maximum atomic E-state index is 12.6. The predicted octanol–water partition coefficient (Wildman–Crippen LogP) is 0.988. The lowest BCUT2D eigenvalue weighted by Gasteiger charge is -2.31. The molecule has 2 aliphatic rings.